The van der Waals surface area contributed by atoms with Crippen LogP contribution in [0.1, 0.15) is 35.7 Å². The topological polar surface area (TPSA) is 41.1 Å². The Morgan fingerprint density at radius 1 is 1.53 bits per heavy atom. The minimum atomic E-state index is 0.0220. The Morgan fingerprint density at radius 2 is 2.41 bits per heavy atom. The van der Waals surface area contributed by atoms with Gasteiger partial charge in [0.05, 0.1) is 0 Å². The van der Waals surface area contributed by atoms with Crippen molar-refractivity contribution in [1.82, 2.24) is 10.6 Å². The molecule has 0 aliphatic carbocycles. The molecule has 2 N–H and O–H groups in total. The first-order valence-electron chi connectivity index (χ1n) is 6.40. The van der Waals surface area contributed by atoms with Crippen LogP contribution < -0.4 is 10.6 Å². The van der Waals surface area contributed by atoms with Crippen molar-refractivity contribution in [2.75, 3.05) is 13.1 Å². The van der Waals surface area contributed by atoms with Crippen molar-refractivity contribution in [2.45, 2.75) is 32.2 Å². The van der Waals surface area contributed by atoms with E-state index in [1.165, 1.54) is 18.4 Å². The van der Waals surface area contributed by atoms with Crippen molar-refractivity contribution < 1.29 is 4.79 Å². The van der Waals surface area contributed by atoms with Gasteiger partial charge in [0.1, 0.15) is 0 Å². The Balaban J connectivity index is 2.02. The molecule has 0 bridgehead atoms. The second-order valence-electron chi connectivity index (χ2n) is 4.56. The molecular formula is C14H20N2O. The van der Waals surface area contributed by atoms with E-state index >= 15 is 0 Å². The Morgan fingerprint density at radius 3 is 3.12 bits per heavy atom. The first-order chi connectivity index (χ1) is 8.29. The highest BCUT2D eigenvalue weighted by Crippen LogP contribution is 2.13. The minimum absolute atomic E-state index is 0.0220. The molecule has 1 atom stereocenters. The predicted octanol–water partition coefficient (Wildman–Crippen LogP) is 1.73. The SMILES string of the molecule is CCNC(=O)c1cccc(CC2CCCN2)c1. The summed E-state index contributed by atoms with van der Waals surface area (Å²) in [6, 6.07) is 8.53. The monoisotopic (exact) mass is 232 g/mol. The molecule has 0 radical (unpaired) electrons. The Bertz CT molecular complexity index is 384. The molecule has 0 saturated carbocycles. The van der Waals surface area contributed by atoms with Gasteiger partial charge in [-0.2, -0.15) is 0 Å². The normalized spacial score (nSPS) is 19.2. The van der Waals surface area contributed by atoms with Gasteiger partial charge in [-0.05, 0) is 50.4 Å². The predicted molar refractivity (Wildman–Crippen MR) is 69.2 cm³/mol. The summed E-state index contributed by atoms with van der Waals surface area (Å²) in [7, 11) is 0. The minimum Gasteiger partial charge on any atom is -0.352 e. The summed E-state index contributed by atoms with van der Waals surface area (Å²) in [5, 5.41) is 6.31. The van der Waals surface area contributed by atoms with E-state index in [1.54, 1.807) is 0 Å². The van der Waals surface area contributed by atoms with E-state index in [4.69, 9.17) is 0 Å². The van der Waals surface area contributed by atoms with Crippen LogP contribution in [0, 0.1) is 0 Å². The summed E-state index contributed by atoms with van der Waals surface area (Å²) in [6.45, 7) is 3.73. The molecule has 1 aromatic carbocycles. The molecular weight excluding hydrogens is 212 g/mol. The summed E-state index contributed by atoms with van der Waals surface area (Å²) < 4.78 is 0. The molecule has 1 unspecified atom stereocenters. The van der Waals surface area contributed by atoms with Gasteiger partial charge in [-0.1, -0.05) is 12.1 Å². The number of hydrogen-bond acceptors (Lipinski definition) is 2. The Labute approximate surface area is 103 Å². The van der Waals surface area contributed by atoms with E-state index in [-0.39, 0.29) is 5.91 Å². The van der Waals surface area contributed by atoms with Crippen molar-refractivity contribution in [3.8, 4) is 0 Å². The average molecular weight is 232 g/mol. The summed E-state index contributed by atoms with van der Waals surface area (Å²) in [4.78, 5) is 11.7. The number of benzene rings is 1. The van der Waals surface area contributed by atoms with Crippen LogP contribution in [-0.2, 0) is 6.42 Å². The average Bonchev–Trinajstić information content (AvgIpc) is 2.82. The highest BCUT2D eigenvalue weighted by Gasteiger charge is 2.14. The van der Waals surface area contributed by atoms with Crippen LogP contribution >= 0.6 is 0 Å². The van der Waals surface area contributed by atoms with E-state index in [0.717, 1.165) is 18.5 Å². The zero-order chi connectivity index (χ0) is 12.1. The third-order valence-corrected chi connectivity index (χ3v) is 3.17. The first-order valence-corrected chi connectivity index (χ1v) is 6.40. The quantitative estimate of drug-likeness (QED) is 0.830. The molecule has 1 aliphatic rings. The molecule has 17 heavy (non-hydrogen) atoms. The van der Waals surface area contributed by atoms with Crippen LogP contribution in [-0.4, -0.2) is 25.0 Å². The van der Waals surface area contributed by atoms with Gasteiger partial charge in [0.15, 0.2) is 0 Å². The van der Waals surface area contributed by atoms with Gasteiger partial charge in [-0.25, -0.2) is 0 Å². The summed E-state index contributed by atoms with van der Waals surface area (Å²) in [5.41, 5.74) is 2.01. The number of amides is 1. The molecule has 1 saturated heterocycles. The van der Waals surface area contributed by atoms with E-state index in [1.807, 2.05) is 25.1 Å². The molecule has 1 amide bonds. The lowest BCUT2D eigenvalue weighted by molar-refractivity contribution is 0.0955. The lowest BCUT2D eigenvalue weighted by Gasteiger charge is -2.11. The van der Waals surface area contributed by atoms with E-state index in [2.05, 4.69) is 16.7 Å². The summed E-state index contributed by atoms with van der Waals surface area (Å²) >= 11 is 0. The van der Waals surface area contributed by atoms with Gasteiger partial charge in [0.2, 0.25) is 0 Å². The van der Waals surface area contributed by atoms with Crippen LogP contribution in [0.2, 0.25) is 0 Å². The molecule has 2 rings (SSSR count). The van der Waals surface area contributed by atoms with Crippen molar-refractivity contribution in [2.24, 2.45) is 0 Å². The second-order valence-corrected chi connectivity index (χ2v) is 4.56. The standard InChI is InChI=1S/C14H20N2O/c1-2-15-14(17)12-6-3-5-11(9-12)10-13-7-4-8-16-13/h3,5-6,9,13,16H,2,4,7-8,10H2,1H3,(H,15,17). The van der Waals surface area contributed by atoms with E-state index < -0.39 is 0 Å². The van der Waals surface area contributed by atoms with Gasteiger partial charge in [0, 0.05) is 18.2 Å². The van der Waals surface area contributed by atoms with E-state index in [0.29, 0.717) is 12.6 Å². The lowest BCUT2D eigenvalue weighted by atomic mass is 10.0. The lowest BCUT2D eigenvalue weighted by Crippen LogP contribution is -2.25. The molecule has 1 heterocycles. The summed E-state index contributed by atoms with van der Waals surface area (Å²) in [6.07, 6.45) is 3.53. The molecule has 1 aliphatic heterocycles. The van der Waals surface area contributed by atoms with Crippen molar-refractivity contribution in [3.05, 3.63) is 35.4 Å². The Hall–Kier alpha value is -1.35. The van der Waals surface area contributed by atoms with Crippen LogP contribution in [0.25, 0.3) is 0 Å². The van der Waals surface area contributed by atoms with Crippen molar-refractivity contribution >= 4 is 5.91 Å². The van der Waals surface area contributed by atoms with Gasteiger partial charge in [-0.3, -0.25) is 4.79 Å². The molecule has 92 valence electrons. The van der Waals surface area contributed by atoms with Crippen LogP contribution in [0.3, 0.4) is 0 Å². The van der Waals surface area contributed by atoms with Crippen LogP contribution in [0.4, 0.5) is 0 Å². The maximum absolute atomic E-state index is 11.7. The largest absolute Gasteiger partial charge is 0.352 e. The maximum atomic E-state index is 11.7. The zero-order valence-corrected chi connectivity index (χ0v) is 10.3. The van der Waals surface area contributed by atoms with Gasteiger partial charge in [0.25, 0.3) is 5.91 Å². The molecule has 3 heteroatoms. The second kappa shape index (κ2) is 5.82. The fourth-order valence-electron chi connectivity index (χ4n) is 2.32. The van der Waals surface area contributed by atoms with E-state index in [9.17, 15) is 4.79 Å². The van der Waals surface area contributed by atoms with Crippen LogP contribution in [0.15, 0.2) is 24.3 Å². The molecule has 0 aromatic heterocycles. The fraction of sp³-hybridized carbons (Fsp3) is 0.500. The molecule has 1 fully saturated rings. The van der Waals surface area contributed by atoms with Crippen LogP contribution in [0.5, 0.6) is 0 Å². The molecule has 1 aromatic rings. The number of carbonyl (C=O) groups is 1. The maximum Gasteiger partial charge on any atom is 0.251 e. The van der Waals surface area contributed by atoms with Crippen molar-refractivity contribution in [3.63, 3.8) is 0 Å². The third kappa shape index (κ3) is 3.30. The smallest absolute Gasteiger partial charge is 0.251 e. The summed E-state index contributed by atoms with van der Waals surface area (Å²) in [5.74, 6) is 0.0220. The van der Waals surface area contributed by atoms with Crippen molar-refractivity contribution in [1.29, 1.82) is 0 Å². The van der Waals surface area contributed by atoms with Gasteiger partial charge >= 0.3 is 0 Å². The highest BCUT2D eigenvalue weighted by atomic mass is 16.1. The number of carbonyl (C=O) groups excluding carboxylic acids is 1. The Kier molecular flexibility index (Phi) is 4.15. The number of rotatable bonds is 4. The first kappa shape index (κ1) is 12.1. The van der Waals surface area contributed by atoms with Gasteiger partial charge < -0.3 is 10.6 Å². The number of hydrogen-bond donors (Lipinski definition) is 2. The molecule has 0 spiro atoms. The number of nitrogens with one attached hydrogen (secondary N) is 2. The zero-order valence-electron chi connectivity index (χ0n) is 10.3. The van der Waals surface area contributed by atoms with Gasteiger partial charge in [-0.15, -0.1) is 0 Å². The molecule has 3 nitrogen and oxygen atoms in total. The highest BCUT2D eigenvalue weighted by molar-refractivity contribution is 5.94. The third-order valence-electron chi connectivity index (χ3n) is 3.17. The fourth-order valence-corrected chi connectivity index (χ4v) is 2.32.